The Morgan fingerprint density at radius 2 is 1.67 bits per heavy atom. The smallest absolute Gasteiger partial charge is 0.408 e. The van der Waals surface area contributed by atoms with Gasteiger partial charge in [0.05, 0.1) is 11.6 Å². The van der Waals surface area contributed by atoms with Crippen molar-refractivity contribution in [1.82, 2.24) is 19.4 Å². The first kappa shape index (κ1) is 33.6. The second-order valence-electron chi connectivity index (χ2n) is 11.2. The molecule has 2 heterocycles. The average Bonchev–Trinajstić information content (AvgIpc) is 3.00. The topological polar surface area (TPSA) is 116 Å². The van der Waals surface area contributed by atoms with E-state index in [0.29, 0.717) is 5.56 Å². The summed E-state index contributed by atoms with van der Waals surface area (Å²) in [7, 11) is -4.49. The second kappa shape index (κ2) is 13.5. The fourth-order valence-electron chi connectivity index (χ4n) is 5.59. The van der Waals surface area contributed by atoms with E-state index in [9.17, 15) is 31.6 Å². The van der Waals surface area contributed by atoms with Crippen LogP contribution in [0.1, 0.15) is 25.0 Å². The average molecular weight is 696 g/mol. The number of ether oxygens (including phenoxy) is 1. The molecule has 3 amide bonds. The Bertz CT molecular complexity index is 1760. The lowest BCUT2D eigenvalue weighted by Gasteiger charge is -2.54. The van der Waals surface area contributed by atoms with Crippen LogP contribution < -0.4 is 5.32 Å². The molecule has 3 aromatic carbocycles. The van der Waals surface area contributed by atoms with Crippen molar-refractivity contribution in [3.05, 3.63) is 99.5 Å². The Morgan fingerprint density at radius 1 is 0.957 bits per heavy atom. The highest BCUT2D eigenvalue weighted by atomic mass is 35.5. The lowest BCUT2D eigenvalue weighted by Crippen LogP contribution is -2.76. The monoisotopic (exact) mass is 694 g/mol. The summed E-state index contributed by atoms with van der Waals surface area (Å²) in [6.45, 7) is 2.62. The van der Waals surface area contributed by atoms with Gasteiger partial charge in [-0.3, -0.25) is 9.59 Å². The summed E-state index contributed by atoms with van der Waals surface area (Å²) in [6.07, 6.45) is -2.49. The van der Waals surface area contributed by atoms with Crippen molar-refractivity contribution in [1.29, 1.82) is 0 Å². The van der Waals surface area contributed by atoms with Gasteiger partial charge in [-0.05, 0) is 55.3 Å². The van der Waals surface area contributed by atoms with E-state index in [-0.39, 0.29) is 40.1 Å². The highest BCUT2D eigenvalue weighted by molar-refractivity contribution is 7.89. The van der Waals surface area contributed by atoms with Crippen LogP contribution in [0.2, 0.25) is 10.0 Å². The standard InChI is InChI=1S/C31H30Cl2F2N4O6S/c1-18(2)37-16-28-38(46(43,44)27-11-9-21(32)14-22(27)33)15-25(36-31(42)45-17-19-6-4-3-5-7-19)29(40)39(28)26(30(37)41)13-20-8-10-23(34)24(35)12-20/h3-12,14,18,25-26,28H,13,15-17H2,1-2H3,(H,36,42). The van der Waals surface area contributed by atoms with E-state index >= 15 is 0 Å². The number of carbonyl (C=O) groups is 3. The van der Waals surface area contributed by atoms with Crippen molar-refractivity contribution < 1.29 is 36.3 Å². The van der Waals surface area contributed by atoms with E-state index in [1.54, 1.807) is 44.2 Å². The van der Waals surface area contributed by atoms with Crippen molar-refractivity contribution in [2.45, 2.75) is 56.1 Å². The molecule has 0 aliphatic carbocycles. The molecule has 1 N–H and O–H groups in total. The van der Waals surface area contributed by atoms with Crippen LogP contribution in [0, 0.1) is 11.6 Å². The number of fused-ring (bicyclic) bond motifs is 1. The number of carbonyl (C=O) groups excluding carboxylic acids is 3. The number of rotatable bonds is 8. The highest BCUT2D eigenvalue weighted by Crippen LogP contribution is 2.35. The zero-order valence-electron chi connectivity index (χ0n) is 24.7. The van der Waals surface area contributed by atoms with Crippen LogP contribution in [0.25, 0.3) is 0 Å². The minimum absolute atomic E-state index is 0.122. The van der Waals surface area contributed by atoms with Crippen molar-refractivity contribution in [3.63, 3.8) is 0 Å². The van der Waals surface area contributed by atoms with Gasteiger partial charge in [0.15, 0.2) is 11.6 Å². The highest BCUT2D eigenvalue weighted by Gasteiger charge is 2.54. The largest absolute Gasteiger partial charge is 0.445 e. The number of hydrogen-bond donors (Lipinski definition) is 1. The number of hydrogen-bond acceptors (Lipinski definition) is 6. The van der Waals surface area contributed by atoms with Gasteiger partial charge in [-0.1, -0.05) is 59.6 Å². The predicted molar refractivity (Wildman–Crippen MR) is 165 cm³/mol. The summed E-state index contributed by atoms with van der Waals surface area (Å²) in [4.78, 5) is 43.1. The maximum absolute atomic E-state index is 14.2. The summed E-state index contributed by atoms with van der Waals surface area (Å²) in [5, 5.41) is 2.47. The van der Waals surface area contributed by atoms with Crippen LogP contribution in [0.5, 0.6) is 0 Å². The predicted octanol–water partition coefficient (Wildman–Crippen LogP) is 4.59. The normalized spacial score (nSPS) is 20.5. The van der Waals surface area contributed by atoms with Crippen molar-refractivity contribution in [2.24, 2.45) is 0 Å². The Hall–Kier alpha value is -3.78. The van der Waals surface area contributed by atoms with E-state index in [1.165, 1.54) is 29.2 Å². The number of amides is 3. The van der Waals surface area contributed by atoms with Crippen molar-refractivity contribution in [2.75, 3.05) is 13.1 Å². The minimum atomic E-state index is -4.49. The van der Waals surface area contributed by atoms with Gasteiger partial charge in [0.2, 0.25) is 21.8 Å². The maximum Gasteiger partial charge on any atom is 0.408 e. The summed E-state index contributed by atoms with van der Waals surface area (Å²) >= 11 is 12.4. The molecule has 0 bridgehead atoms. The molecule has 0 radical (unpaired) electrons. The third-order valence-corrected chi connectivity index (χ3v) is 10.4. The molecule has 2 saturated heterocycles. The lowest BCUT2D eigenvalue weighted by molar-refractivity contribution is -0.168. The molecule has 2 aliphatic heterocycles. The first-order valence-electron chi connectivity index (χ1n) is 14.3. The van der Waals surface area contributed by atoms with Gasteiger partial charge in [0, 0.05) is 24.0 Å². The zero-order valence-corrected chi connectivity index (χ0v) is 27.0. The molecule has 0 saturated carbocycles. The number of nitrogens with zero attached hydrogens (tertiary/aromatic N) is 3. The Kier molecular flexibility index (Phi) is 9.87. The molecule has 3 atom stereocenters. The molecule has 3 unspecified atom stereocenters. The fraction of sp³-hybridized carbons (Fsp3) is 0.323. The van der Waals surface area contributed by atoms with Crippen LogP contribution in [0.3, 0.4) is 0 Å². The zero-order chi connectivity index (χ0) is 33.3. The van der Waals surface area contributed by atoms with Gasteiger partial charge in [0.25, 0.3) is 0 Å². The van der Waals surface area contributed by atoms with E-state index in [4.69, 9.17) is 27.9 Å². The Balaban J connectivity index is 1.55. The molecule has 46 heavy (non-hydrogen) atoms. The van der Waals surface area contributed by atoms with Gasteiger partial charge in [-0.15, -0.1) is 0 Å². The molecule has 244 valence electrons. The lowest BCUT2D eigenvalue weighted by atomic mass is 9.96. The second-order valence-corrected chi connectivity index (χ2v) is 13.9. The number of piperazine rings is 1. The van der Waals surface area contributed by atoms with Crippen LogP contribution >= 0.6 is 23.2 Å². The summed E-state index contributed by atoms with van der Waals surface area (Å²) in [5.41, 5.74) is 0.873. The molecule has 2 aliphatic rings. The summed E-state index contributed by atoms with van der Waals surface area (Å²) in [6, 6.07) is 12.5. The number of benzene rings is 3. The Morgan fingerprint density at radius 3 is 2.33 bits per heavy atom. The van der Waals surface area contributed by atoms with E-state index in [2.05, 4.69) is 5.32 Å². The summed E-state index contributed by atoms with van der Waals surface area (Å²) in [5.74, 6) is -3.52. The van der Waals surface area contributed by atoms with Crippen molar-refractivity contribution in [3.8, 4) is 0 Å². The first-order valence-corrected chi connectivity index (χ1v) is 16.5. The van der Waals surface area contributed by atoms with E-state index < -0.39 is 70.4 Å². The SMILES string of the molecule is CC(C)N1CC2N(C(=O)C(NC(=O)OCc3ccccc3)CN2S(=O)(=O)c2ccc(Cl)cc2Cl)C(Cc2ccc(F)c(F)c2)C1=O. The van der Waals surface area contributed by atoms with Crippen LogP contribution in [0.4, 0.5) is 13.6 Å². The Labute approximate surface area is 274 Å². The molecule has 2 fully saturated rings. The van der Waals surface area contributed by atoms with Gasteiger partial charge in [-0.2, -0.15) is 4.31 Å². The molecule has 3 aromatic rings. The molecule has 0 aromatic heterocycles. The third kappa shape index (κ3) is 6.82. The van der Waals surface area contributed by atoms with Crippen LogP contribution in [-0.2, 0) is 37.4 Å². The fourth-order valence-corrected chi connectivity index (χ4v) is 7.92. The first-order chi connectivity index (χ1) is 21.8. The molecule has 15 heteroatoms. The summed E-state index contributed by atoms with van der Waals surface area (Å²) < 4.78 is 62.7. The maximum atomic E-state index is 14.2. The number of sulfonamides is 1. The number of nitrogens with one attached hydrogen (secondary N) is 1. The quantitative estimate of drug-likeness (QED) is 0.369. The van der Waals surface area contributed by atoms with Gasteiger partial charge in [-0.25, -0.2) is 22.0 Å². The molecule has 0 spiro atoms. The van der Waals surface area contributed by atoms with Gasteiger partial charge < -0.3 is 19.9 Å². The van der Waals surface area contributed by atoms with Crippen molar-refractivity contribution >= 4 is 51.1 Å². The van der Waals surface area contributed by atoms with E-state index in [0.717, 1.165) is 21.3 Å². The van der Waals surface area contributed by atoms with Gasteiger partial charge >= 0.3 is 6.09 Å². The van der Waals surface area contributed by atoms with E-state index in [1.807, 2.05) is 0 Å². The third-order valence-electron chi connectivity index (χ3n) is 7.85. The molecule has 10 nitrogen and oxygen atoms in total. The number of alkyl carbamates (subject to hydrolysis) is 1. The molecular formula is C31H30Cl2F2N4O6S. The van der Waals surface area contributed by atoms with Crippen LogP contribution in [-0.4, -0.2) is 77.8 Å². The molecule has 5 rings (SSSR count). The van der Waals surface area contributed by atoms with Crippen LogP contribution in [0.15, 0.2) is 71.6 Å². The number of halogens is 4. The molecular weight excluding hydrogens is 665 g/mol. The van der Waals surface area contributed by atoms with Gasteiger partial charge in [0.1, 0.15) is 29.8 Å². The minimum Gasteiger partial charge on any atom is -0.445 e.